The molecule has 2 aromatic carbocycles. The van der Waals surface area contributed by atoms with Crippen molar-refractivity contribution in [1.29, 1.82) is 0 Å². The number of nitrogens with zero attached hydrogens (tertiary/aromatic N) is 1. The molecule has 0 atom stereocenters. The molecule has 0 fully saturated rings. The molecule has 0 aliphatic carbocycles. The fraction of sp³-hybridized carbons (Fsp3) is 0.500. The Balaban J connectivity index is 0.00000560. The first-order valence-corrected chi connectivity index (χ1v) is 15.5. The van der Waals surface area contributed by atoms with Crippen molar-refractivity contribution in [3.05, 3.63) is 70.4 Å². The number of hydrogen-bond donors (Lipinski definition) is 2. The molecule has 5 nitrogen and oxygen atoms in total. The zero-order chi connectivity index (χ0) is 27.7. The first kappa shape index (κ1) is 33.8. The summed E-state index contributed by atoms with van der Waals surface area (Å²) in [5, 5.41) is 8.86. The van der Waals surface area contributed by atoms with Gasteiger partial charge < -0.3 is 32.4 Å². The monoisotopic (exact) mass is 633 g/mol. The molecule has 40 heavy (non-hydrogen) atoms. The lowest BCUT2D eigenvalue weighted by atomic mass is 10.1. The highest BCUT2D eigenvalue weighted by Gasteiger charge is 2.13. The SMILES string of the molecule is CCCCCCCCCCCCCCOc1c(F)cccc1NC(=O)Nc1ccc(C[n+]2ccsc2C)cc1.[Br-]. The Morgan fingerprint density at radius 1 is 0.875 bits per heavy atom. The Morgan fingerprint density at radius 2 is 1.50 bits per heavy atom. The highest BCUT2D eigenvalue weighted by Crippen LogP contribution is 2.28. The molecule has 0 spiro atoms. The summed E-state index contributed by atoms with van der Waals surface area (Å²) in [7, 11) is 0. The Labute approximate surface area is 254 Å². The van der Waals surface area contributed by atoms with Gasteiger partial charge in [-0.05, 0) is 30.7 Å². The van der Waals surface area contributed by atoms with E-state index in [-0.39, 0.29) is 22.7 Å². The highest BCUT2D eigenvalue weighted by atomic mass is 79.9. The van der Waals surface area contributed by atoms with Crippen LogP contribution in [0, 0.1) is 12.7 Å². The van der Waals surface area contributed by atoms with Gasteiger partial charge in [0.1, 0.15) is 0 Å². The zero-order valence-electron chi connectivity index (χ0n) is 24.0. The number of urea groups is 1. The van der Waals surface area contributed by atoms with Gasteiger partial charge in [0.15, 0.2) is 24.3 Å². The van der Waals surface area contributed by atoms with Crippen LogP contribution in [-0.4, -0.2) is 12.6 Å². The van der Waals surface area contributed by atoms with Gasteiger partial charge in [0, 0.05) is 18.2 Å². The molecule has 220 valence electrons. The van der Waals surface area contributed by atoms with Crippen LogP contribution < -0.4 is 36.9 Å². The van der Waals surface area contributed by atoms with E-state index in [1.807, 2.05) is 24.3 Å². The van der Waals surface area contributed by atoms with Crippen LogP contribution >= 0.6 is 11.3 Å². The number of aryl methyl sites for hydroxylation is 1. The number of halogens is 2. The van der Waals surface area contributed by atoms with E-state index < -0.39 is 11.8 Å². The Hall–Kier alpha value is -2.45. The largest absolute Gasteiger partial charge is 1.00 e. The number of para-hydroxylation sites is 1. The second-order valence-electron chi connectivity index (χ2n) is 10.2. The van der Waals surface area contributed by atoms with Gasteiger partial charge >= 0.3 is 6.03 Å². The summed E-state index contributed by atoms with van der Waals surface area (Å²) in [6, 6.07) is 11.9. The quantitative estimate of drug-likeness (QED) is 0.128. The van der Waals surface area contributed by atoms with Gasteiger partial charge in [-0.1, -0.05) is 107 Å². The fourth-order valence-corrected chi connectivity index (χ4v) is 5.25. The minimum Gasteiger partial charge on any atom is -1.00 e. The number of amides is 2. The molecule has 0 aliphatic heterocycles. The number of anilines is 2. The van der Waals surface area contributed by atoms with Gasteiger partial charge in [0.05, 0.1) is 17.7 Å². The van der Waals surface area contributed by atoms with Crippen LogP contribution in [0.3, 0.4) is 0 Å². The molecule has 2 N–H and O–H groups in total. The molecule has 8 heteroatoms. The van der Waals surface area contributed by atoms with Crippen LogP contribution in [0.1, 0.15) is 94.5 Å². The van der Waals surface area contributed by atoms with Crippen LogP contribution in [0.2, 0.25) is 0 Å². The minimum atomic E-state index is -0.475. The van der Waals surface area contributed by atoms with Crippen molar-refractivity contribution >= 4 is 28.7 Å². The van der Waals surface area contributed by atoms with Crippen LogP contribution in [0.25, 0.3) is 0 Å². The number of unbranched alkanes of at least 4 members (excludes halogenated alkanes) is 11. The molecular formula is C32H45BrFN3O2S. The van der Waals surface area contributed by atoms with E-state index in [9.17, 15) is 9.18 Å². The highest BCUT2D eigenvalue weighted by molar-refractivity contribution is 7.09. The standard InChI is InChI=1S/C32H44FN3O2S.BrH/c1-3-4-5-6-7-8-9-10-11-12-13-14-23-38-31-29(33)16-15-17-30(31)35-32(37)34-28-20-18-27(19-21-28)25-36-22-24-39-26(36)2;/h15-22,24H,3-14,23,25H2,1-2H3,(H-,34,35,37);1H. The molecule has 0 aliphatic rings. The molecule has 0 saturated carbocycles. The molecule has 3 rings (SSSR count). The molecule has 0 saturated heterocycles. The Kier molecular flexibility index (Phi) is 16.5. The van der Waals surface area contributed by atoms with Crippen molar-refractivity contribution in [3.63, 3.8) is 0 Å². The van der Waals surface area contributed by atoms with Crippen molar-refractivity contribution in [3.8, 4) is 5.75 Å². The number of carbonyl (C=O) groups is 1. The van der Waals surface area contributed by atoms with Gasteiger partial charge in [-0.3, -0.25) is 0 Å². The summed E-state index contributed by atoms with van der Waals surface area (Å²) >= 11 is 1.71. The second kappa shape index (κ2) is 19.6. The van der Waals surface area contributed by atoms with Crippen LogP contribution in [0.4, 0.5) is 20.6 Å². The molecule has 2 amide bonds. The third-order valence-corrected chi connectivity index (χ3v) is 7.74. The van der Waals surface area contributed by atoms with Gasteiger partial charge in [-0.25, -0.2) is 9.18 Å². The molecule has 1 aromatic heterocycles. The second-order valence-corrected chi connectivity index (χ2v) is 11.3. The van der Waals surface area contributed by atoms with E-state index in [1.54, 1.807) is 23.5 Å². The number of ether oxygens (including phenoxy) is 1. The van der Waals surface area contributed by atoms with E-state index >= 15 is 0 Å². The van der Waals surface area contributed by atoms with Crippen molar-refractivity contribution < 1.29 is 35.5 Å². The van der Waals surface area contributed by atoms with E-state index in [0.29, 0.717) is 18.0 Å². The van der Waals surface area contributed by atoms with Gasteiger partial charge in [0.25, 0.3) is 0 Å². The molecule has 3 aromatic rings. The topological polar surface area (TPSA) is 54.2 Å². The maximum absolute atomic E-state index is 14.5. The van der Waals surface area contributed by atoms with E-state index in [4.69, 9.17) is 4.74 Å². The first-order chi connectivity index (χ1) is 19.1. The normalized spacial score (nSPS) is 10.7. The number of rotatable bonds is 18. The van der Waals surface area contributed by atoms with Crippen molar-refractivity contribution in [1.82, 2.24) is 0 Å². The number of hydrogen-bond acceptors (Lipinski definition) is 3. The Bertz CT molecular complexity index is 1120. The van der Waals surface area contributed by atoms with Gasteiger partial charge in [-0.2, -0.15) is 4.57 Å². The molecule has 0 bridgehead atoms. The van der Waals surface area contributed by atoms with Gasteiger partial charge in [-0.15, -0.1) is 0 Å². The predicted octanol–water partition coefficient (Wildman–Crippen LogP) is 6.26. The van der Waals surface area contributed by atoms with E-state index in [0.717, 1.165) is 24.9 Å². The molecule has 0 unspecified atom stereocenters. The summed E-state index contributed by atoms with van der Waals surface area (Å²) in [6.07, 6.45) is 17.2. The minimum absolute atomic E-state index is 0. The van der Waals surface area contributed by atoms with E-state index in [1.165, 1.54) is 75.3 Å². The number of nitrogens with one attached hydrogen (secondary N) is 2. The smallest absolute Gasteiger partial charge is 0.323 e. The predicted molar refractivity (Wildman–Crippen MR) is 160 cm³/mol. The lowest BCUT2D eigenvalue weighted by molar-refractivity contribution is -0.689. The van der Waals surface area contributed by atoms with Crippen molar-refractivity contribution in [2.75, 3.05) is 17.2 Å². The number of benzene rings is 2. The van der Waals surface area contributed by atoms with Crippen molar-refractivity contribution in [2.45, 2.75) is 97.4 Å². The average molecular weight is 635 g/mol. The lowest BCUT2D eigenvalue weighted by Gasteiger charge is -2.14. The van der Waals surface area contributed by atoms with Gasteiger partial charge in [0.2, 0.25) is 5.01 Å². The molecular weight excluding hydrogens is 589 g/mol. The fourth-order valence-electron chi connectivity index (χ4n) is 4.59. The summed E-state index contributed by atoms with van der Waals surface area (Å²) in [4.78, 5) is 12.6. The molecule has 0 radical (unpaired) electrons. The lowest BCUT2D eigenvalue weighted by Crippen LogP contribution is -3.00. The van der Waals surface area contributed by atoms with Crippen LogP contribution in [-0.2, 0) is 6.54 Å². The maximum Gasteiger partial charge on any atom is 0.323 e. The van der Waals surface area contributed by atoms with Crippen LogP contribution in [0.15, 0.2) is 54.0 Å². The molecule has 1 heterocycles. The summed E-state index contributed by atoms with van der Waals surface area (Å²) in [5.41, 5.74) is 2.14. The first-order valence-electron chi connectivity index (χ1n) is 14.6. The average Bonchev–Trinajstić information content (AvgIpc) is 3.33. The van der Waals surface area contributed by atoms with E-state index in [2.05, 4.69) is 40.6 Å². The summed E-state index contributed by atoms with van der Waals surface area (Å²) in [5.74, 6) is -0.383. The van der Waals surface area contributed by atoms with Crippen LogP contribution in [0.5, 0.6) is 5.75 Å². The zero-order valence-corrected chi connectivity index (χ0v) is 26.4. The third-order valence-electron chi connectivity index (χ3n) is 6.91. The third kappa shape index (κ3) is 12.4. The number of thiazole rings is 1. The maximum atomic E-state index is 14.5. The summed E-state index contributed by atoms with van der Waals surface area (Å²) in [6.45, 7) is 5.56. The van der Waals surface area contributed by atoms with Crippen molar-refractivity contribution in [2.24, 2.45) is 0 Å². The number of carbonyl (C=O) groups excluding carboxylic acids is 1. The number of aromatic nitrogens is 1. The Morgan fingerprint density at radius 3 is 2.10 bits per heavy atom. The summed E-state index contributed by atoms with van der Waals surface area (Å²) < 4.78 is 22.5.